The fourth-order valence-corrected chi connectivity index (χ4v) is 4.08. The number of thiophene rings is 1. The van der Waals surface area contributed by atoms with E-state index in [4.69, 9.17) is 0 Å². The van der Waals surface area contributed by atoms with Gasteiger partial charge in [0.2, 0.25) is 17.7 Å². The number of imide groups is 1. The molecule has 0 radical (unpaired) electrons. The van der Waals surface area contributed by atoms with Gasteiger partial charge < -0.3 is 5.32 Å². The number of nitrogens with one attached hydrogen (secondary N) is 1. The zero-order chi connectivity index (χ0) is 15.5. The first kappa shape index (κ1) is 15.2. The van der Waals surface area contributed by atoms with Gasteiger partial charge in [-0.3, -0.25) is 19.3 Å². The lowest BCUT2D eigenvalue weighted by Crippen LogP contribution is -2.41. The molecule has 0 aromatic carbocycles. The predicted molar refractivity (Wildman–Crippen MR) is 83.2 cm³/mol. The lowest BCUT2D eigenvalue weighted by molar-refractivity contribution is -0.143. The number of amides is 3. The molecule has 1 aliphatic heterocycles. The fraction of sp³-hybridized carbons (Fsp3) is 0.562. The van der Waals surface area contributed by atoms with Crippen molar-refractivity contribution in [1.29, 1.82) is 0 Å². The van der Waals surface area contributed by atoms with E-state index in [9.17, 15) is 14.4 Å². The molecule has 1 saturated carbocycles. The van der Waals surface area contributed by atoms with Crippen LogP contribution in [0.1, 0.15) is 30.6 Å². The predicted octanol–water partition coefficient (Wildman–Crippen LogP) is 1.58. The number of likely N-dealkylation sites (tertiary alicyclic amines) is 1. The van der Waals surface area contributed by atoms with Crippen molar-refractivity contribution in [3.05, 3.63) is 22.4 Å². The highest BCUT2D eigenvalue weighted by Crippen LogP contribution is 2.37. The van der Waals surface area contributed by atoms with Crippen LogP contribution in [0.5, 0.6) is 0 Å². The molecule has 3 rings (SSSR count). The number of fused-ring (bicyclic) bond motifs is 1. The second kappa shape index (κ2) is 6.60. The normalized spacial score (nSPS) is 24.5. The Morgan fingerprint density at radius 1 is 1.23 bits per heavy atom. The maximum Gasteiger partial charge on any atom is 0.240 e. The molecule has 2 unspecified atom stereocenters. The van der Waals surface area contributed by atoms with Crippen LogP contribution in [0.25, 0.3) is 0 Å². The fourth-order valence-electron chi connectivity index (χ4n) is 3.37. The standard InChI is InChI=1S/C16H20N2O3S/c19-14(17-8-7-11-4-3-9-22-11)10-18-15(20)12-5-1-2-6-13(12)16(18)21/h3-4,9,12-13H,1-2,5-8,10H2,(H,17,19). The number of hydrogen-bond donors (Lipinski definition) is 1. The van der Waals surface area contributed by atoms with Crippen molar-refractivity contribution in [2.75, 3.05) is 13.1 Å². The van der Waals surface area contributed by atoms with Crippen molar-refractivity contribution >= 4 is 29.1 Å². The molecule has 2 atom stereocenters. The molecule has 2 fully saturated rings. The molecule has 3 amide bonds. The van der Waals surface area contributed by atoms with Gasteiger partial charge in [0.1, 0.15) is 6.54 Å². The Labute approximate surface area is 133 Å². The molecule has 1 N–H and O–H groups in total. The molecule has 118 valence electrons. The molecule has 2 heterocycles. The number of carbonyl (C=O) groups is 3. The molecular weight excluding hydrogens is 300 g/mol. The van der Waals surface area contributed by atoms with Crippen molar-refractivity contribution in [2.45, 2.75) is 32.1 Å². The van der Waals surface area contributed by atoms with Crippen molar-refractivity contribution in [1.82, 2.24) is 10.2 Å². The van der Waals surface area contributed by atoms with Gasteiger partial charge in [-0.1, -0.05) is 18.9 Å². The summed E-state index contributed by atoms with van der Waals surface area (Å²) in [5.41, 5.74) is 0. The van der Waals surface area contributed by atoms with Crippen molar-refractivity contribution in [2.24, 2.45) is 11.8 Å². The van der Waals surface area contributed by atoms with Gasteiger partial charge in [-0.25, -0.2) is 0 Å². The Hall–Kier alpha value is -1.69. The highest BCUT2D eigenvalue weighted by atomic mass is 32.1. The second-order valence-corrected chi connectivity index (χ2v) is 6.97. The van der Waals surface area contributed by atoms with Gasteiger partial charge >= 0.3 is 0 Å². The Morgan fingerprint density at radius 2 is 1.91 bits per heavy atom. The van der Waals surface area contributed by atoms with E-state index in [1.165, 1.54) is 9.78 Å². The molecule has 6 heteroatoms. The van der Waals surface area contributed by atoms with Gasteiger partial charge in [0.25, 0.3) is 0 Å². The summed E-state index contributed by atoms with van der Waals surface area (Å²) in [5.74, 6) is -0.913. The van der Waals surface area contributed by atoms with Crippen LogP contribution < -0.4 is 5.32 Å². The van der Waals surface area contributed by atoms with E-state index < -0.39 is 0 Å². The number of hydrogen-bond acceptors (Lipinski definition) is 4. The first-order chi connectivity index (χ1) is 10.7. The van der Waals surface area contributed by atoms with E-state index >= 15 is 0 Å². The Morgan fingerprint density at radius 3 is 2.50 bits per heavy atom. The van der Waals surface area contributed by atoms with Gasteiger partial charge in [0, 0.05) is 11.4 Å². The first-order valence-corrected chi connectivity index (χ1v) is 8.69. The van der Waals surface area contributed by atoms with Crippen LogP contribution in [-0.4, -0.2) is 35.7 Å². The van der Waals surface area contributed by atoms with Crippen LogP contribution in [0.15, 0.2) is 17.5 Å². The average molecular weight is 320 g/mol. The molecule has 0 bridgehead atoms. The molecule has 22 heavy (non-hydrogen) atoms. The van der Waals surface area contributed by atoms with E-state index in [-0.39, 0.29) is 36.1 Å². The SMILES string of the molecule is O=C(CN1C(=O)C2CCCCC2C1=O)NCCc1cccs1. The summed E-state index contributed by atoms with van der Waals surface area (Å²) in [5, 5.41) is 4.79. The summed E-state index contributed by atoms with van der Waals surface area (Å²) in [4.78, 5) is 38.9. The largest absolute Gasteiger partial charge is 0.354 e. The van der Waals surface area contributed by atoms with Crippen LogP contribution >= 0.6 is 11.3 Å². The van der Waals surface area contributed by atoms with Crippen LogP contribution in [0, 0.1) is 11.8 Å². The van der Waals surface area contributed by atoms with Gasteiger partial charge in [0.05, 0.1) is 11.8 Å². The topological polar surface area (TPSA) is 66.5 Å². The van der Waals surface area contributed by atoms with Gasteiger partial charge in [-0.15, -0.1) is 11.3 Å². The van der Waals surface area contributed by atoms with E-state index in [1.54, 1.807) is 11.3 Å². The molecule has 0 spiro atoms. The molecule has 1 aliphatic carbocycles. The third-order valence-electron chi connectivity index (χ3n) is 4.51. The zero-order valence-electron chi connectivity index (χ0n) is 12.4. The monoisotopic (exact) mass is 320 g/mol. The Kier molecular flexibility index (Phi) is 4.57. The third kappa shape index (κ3) is 3.06. The maximum atomic E-state index is 12.3. The van der Waals surface area contributed by atoms with E-state index in [0.717, 1.165) is 32.1 Å². The zero-order valence-corrected chi connectivity index (χ0v) is 13.2. The summed E-state index contributed by atoms with van der Waals surface area (Å²) in [6.45, 7) is 0.400. The molecule has 5 nitrogen and oxygen atoms in total. The quantitative estimate of drug-likeness (QED) is 0.838. The van der Waals surface area contributed by atoms with Crippen molar-refractivity contribution < 1.29 is 14.4 Å². The Bertz CT molecular complexity index is 546. The summed E-state index contributed by atoms with van der Waals surface area (Å²) in [6.07, 6.45) is 4.34. The summed E-state index contributed by atoms with van der Waals surface area (Å²) in [7, 11) is 0. The van der Waals surface area contributed by atoms with Crippen LogP contribution in [-0.2, 0) is 20.8 Å². The highest BCUT2D eigenvalue weighted by molar-refractivity contribution is 7.09. The maximum absolute atomic E-state index is 12.3. The number of nitrogens with zero attached hydrogens (tertiary/aromatic N) is 1. The second-order valence-electron chi connectivity index (χ2n) is 5.94. The summed E-state index contributed by atoms with van der Waals surface area (Å²) < 4.78 is 0. The number of rotatable bonds is 5. The van der Waals surface area contributed by atoms with Crippen molar-refractivity contribution in [3.8, 4) is 0 Å². The van der Waals surface area contributed by atoms with Gasteiger partial charge in [0.15, 0.2) is 0 Å². The minimum absolute atomic E-state index is 0.130. The lowest BCUT2D eigenvalue weighted by atomic mass is 9.81. The average Bonchev–Trinajstić information content (AvgIpc) is 3.11. The highest BCUT2D eigenvalue weighted by Gasteiger charge is 2.48. The van der Waals surface area contributed by atoms with Crippen LogP contribution in [0.2, 0.25) is 0 Å². The summed E-state index contributed by atoms with van der Waals surface area (Å²) in [6, 6.07) is 4.00. The number of carbonyl (C=O) groups excluding carboxylic acids is 3. The minimum atomic E-state index is -0.253. The molecule has 1 saturated heterocycles. The van der Waals surface area contributed by atoms with Gasteiger partial charge in [-0.2, -0.15) is 0 Å². The first-order valence-electron chi connectivity index (χ1n) is 7.81. The molecule has 2 aliphatic rings. The molecule has 1 aromatic rings. The smallest absolute Gasteiger partial charge is 0.240 e. The van der Waals surface area contributed by atoms with Gasteiger partial charge in [-0.05, 0) is 30.7 Å². The van der Waals surface area contributed by atoms with Crippen molar-refractivity contribution in [3.63, 3.8) is 0 Å². The lowest BCUT2D eigenvalue weighted by Gasteiger charge is -2.19. The summed E-state index contributed by atoms with van der Waals surface area (Å²) >= 11 is 1.65. The van der Waals surface area contributed by atoms with E-state index in [0.29, 0.717) is 6.54 Å². The van der Waals surface area contributed by atoms with Crippen LogP contribution in [0.4, 0.5) is 0 Å². The van der Waals surface area contributed by atoms with Crippen LogP contribution in [0.3, 0.4) is 0 Å². The molecule has 1 aromatic heterocycles. The van der Waals surface area contributed by atoms with E-state index in [1.807, 2.05) is 17.5 Å². The van der Waals surface area contributed by atoms with E-state index in [2.05, 4.69) is 5.32 Å². The minimum Gasteiger partial charge on any atom is -0.354 e. The molecular formula is C16H20N2O3S. The Balaban J connectivity index is 1.50. The third-order valence-corrected chi connectivity index (χ3v) is 5.44.